The molecule has 25 heavy (non-hydrogen) atoms. The number of phenolic OH excluding ortho intramolecular Hbond substituents is 1. The van der Waals surface area contributed by atoms with Gasteiger partial charge in [-0.25, -0.2) is 9.38 Å². The number of aromatic hydroxyl groups is 1. The van der Waals surface area contributed by atoms with E-state index >= 15 is 0 Å². The fraction of sp³-hybridized carbons (Fsp3) is 0.278. The van der Waals surface area contributed by atoms with Gasteiger partial charge in [0.1, 0.15) is 0 Å². The first kappa shape index (κ1) is 21.5. The van der Waals surface area contributed by atoms with Gasteiger partial charge in [-0.3, -0.25) is 0 Å². The summed E-state index contributed by atoms with van der Waals surface area (Å²) in [6.07, 6.45) is 0.818. The molecule has 0 radical (unpaired) electrons. The van der Waals surface area contributed by atoms with Crippen molar-refractivity contribution in [3.8, 4) is 5.75 Å². The summed E-state index contributed by atoms with van der Waals surface area (Å²) in [5.74, 6) is -0.330. The van der Waals surface area contributed by atoms with Crippen molar-refractivity contribution < 1.29 is 9.50 Å². The van der Waals surface area contributed by atoms with Crippen LogP contribution in [0.4, 0.5) is 4.39 Å². The van der Waals surface area contributed by atoms with E-state index in [1.807, 2.05) is 31.2 Å². The Kier molecular flexibility index (Phi) is 9.59. The lowest BCUT2D eigenvalue weighted by molar-refractivity contribution is 0.432. The summed E-state index contributed by atoms with van der Waals surface area (Å²) in [6, 6.07) is 12.0. The number of nitrogens with one attached hydrogen (secondary N) is 2. The quantitative estimate of drug-likeness (QED) is 0.334. The van der Waals surface area contributed by atoms with Gasteiger partial charge < -0.3 is 15.7 Å². The van der Waals surface area contributed by atoms with Gasteiger partial charge in [0.2, 0.25) is 0 Å². The minimum absolute atomic E-state index is 0. The second kappa shape index (κ2) is 11.1. The summed E-state index contributed by atoms with van der Waals surface area (Å²) in [7, 11) is 0. The SMILES string of the molecule is CCNC(=NCc1ccc(O)c(F)c1)NCCc1cccc(Cl)c1.I. The molecule has 0 aliphatic carbocycles. The van der Waals surface area contributed by atoms with E-state index < -0.39 is 5.82 Å². The van der Waals surface area contributed by atoms with Crippen molar-refractivity contribution >= 4 is 41.5 Å². The van der Waals surface area contributed by atoms with Crippen LogP contribution in [-0.2, 0) is 13.0 Å². The number of phenols is 1. The summed E-state index contributed by atoms with van der Waals surface area (Å²) in [4.78, 5) is 4.42. The molecule has 0 unspecified atom stereocenters. The van der Waals surface area contributed by atoms with Crippen LogP contribution in [0.2, 0.25) is 5.02 Å². The molecular formula is C18H22ClFIN3O. The van der Waals surface area contributed by atoms with Crippen LogP contribution in [0.3, 0.4) is 0 Å². The van der Waals surface area contributed by atoms with Gasteiger partial charge in [-0.15, -0.1) is 24.0 Å². The molecule has 0 atom stereocenters. The predicted octanol–water partition coefficient (Wildman–Crippen LogP) is 4.10. The third kappa shape index (κ3) is 7.48. The van der Waals surface area contributed by atoms with E-state index in [4.69, 9.17) is 11.6 Å². The Morgan fingerprint density at radius 2 is 1.96 bits per heavy atom. The first-order valence-corrected chi connectivity index (χ1v) is 8.20. The molecule has 0 spiro atoms. The van der Waals surface area contributed by atoms with Gasteiger partial charge in [-0.1, -0.05) is 29.8 Å². The molecule has 0 aromatic heterocycles. The van der Waals surface area contributed by atoms with Crippen LogP contribution in [0, 0.1) is 5.82 Å². The lowest BCUT2D eigenvalue weighted by atomic mass is 10.1. The van der Waals surface area contributed by atoms with Crippen molar-refractivity contribution in [2.75, 3.05) is 13.1 Å². The molecule has 4 nitrogen and oxygen atoms in total. The molecule has 2 aromatic rings. The summed E-state index contributed by atoms with van der Waals surface area (Å²) in [5.41, 5.74) is 1.84. The molecule has 0 saturated heterocycles. The highest BCUT2D eigenvalue weighted by Gasteiger charge is 2.02. The normalized spacial score (nSPS) is 10.9. The van der Waals surface area contributed by atoms with Gasteiger partial charge in [0.15, 0.2) is 17.5 Å². The van der Waals surface area contributed by atoms with Gasteiger partial charge in [0, 0.05) is 18.1 Å². The second-order valence-corrected chi connectivity index (χ2v) is 5.72. The zero-order valence-electron chi connectivity index (χ0n) is 13.9. The number of guanidine groups is 1. The molecule has 0 amide bonds. The van der Waals surface area contributed by atoms with E-state index in [1.54, 1.807) is 6.07 Å². The standard InChI is InChI=1S/C18H21ClFN3O.HI/c1-2-21-18(22-9-8-13-4-3-5-15(19)10-13)23-12-14-6-7-17(24)16(20)11-14;/h3-7,10-11,24H,2,8-9,12H2,1H3,(H2,21,22,23);1H. The lowest BCUT2D eigenvalue weighted by Crippen LogP contribution is -2.38. The van der Waals surface area contributed by atoms with Crippen molar-refractivity contribution in [3.05, 3.63) is 64.4 Å². The van der Waals surface area contributed by atoms with Gasteiger partial charge in [-0.05, 0) is 48.7 Å². The first-order valence-electron chi connectivity index (χ1n) is 7.82. The van der Waals surface area contributed by atoms with Crippen molar-refractivity contribution in [2.45, 2.75) is 19.9 Å². The Balaban J connectivity index is 0.00000312. The highest BCUT2D eigenvalue weighted by molar-refractivity contribution is 14.0. The molecule has 136 valence electrons. The van der Waals surface area contributed by atoms with Gasteiger partial charge in [-0.2, -0.15) is 0 Å². The Bertz CT molecular complexity index is 712. The maximum absolute atomic E-state index is 13.3. The van der Waals surface area contributed by atoms with Crippen LogP contribution in [0.15, 0.2) is 47.5 Å². The largest absolute Gasteiger partial charge is 0.505 e. The molecule has 0 aliphatic rings. The Morgan fingerprint density at radius 1 is 1.16 bits per heavy atom. The van der Waals surface area contributed by atoms with E-state index in [1.165, 1.54) is 12.1 Å². The molecule has 3 N–H and O–H groups in total. The minimum Gasteiger partial charge on any atom is -0.505 e. The fourth-order valence-corrected chi connectivity index (χ4v) is 2.39. The summed E-state index contributed by atoms with van der Waals surface area (Å²) in [6.45, 7) is 3.74. The molecule has 0 bridgehead atoms. The van der Waals surface area contributed by atoms with E-state index in [9.17, 15) is 9.50 Å². The highest BCUT2D eigenvalue weighted by Crippen LogP contribution is 2.16. The number of halogens is 3. The Morgan fingerprint density at radius 3 is 2.64 bits per heavy atom. The minimum atomic E-state index is -0.637. The molecular weight excluding hydrogens is 456 g/mol. The number of rotatable bonds is 6. The zero-order valence-corrected chi connectivity index (χ0v) is 17.0. The van der Waals surface area contributed by atoms with E-state index in [2.05, 4.69) is 15.6 Å². The maximum atomic E-state index is 13.3. The summed E-state index contributed by atoms with van der Waals surface area (Å²) in [5, 5.41) is 16.3. The van der Waals surface area contributed by atoms with Crippen LogP contribution in [0.5, 0.6) is 5.75 Å². The van der Waals surface area contributed by atoms with Gasteiger partial charge in [0.05, 0.1) is 6.54 Å². The molecule has 0 saturated carbocycles. The lowest BCUT2D eigenvalue weighted by Gasteiger charge is -2.11. The highest BCUT2D eigenvalue weighted by atomic mass is 127. The van der Waals surface area contributed by atoms with Crippen LogP contribution in [0.1, 0.15) is 18.1 Å². The van der Waals surface area contributed by atoms with E-state index in [0.29, 0.717) is 24.6 Å². The predicted molar refractivity (Wildman–Crippen MR) is 111 cm³/mol. The molecule has 0 aliphatic heterocycles. The van der Waals surface area contributed by atoms with Crippen molar-refractivity contribution in [3.63, 3.8) is 0 Å². The molecule has 7 heteroatoms. The van der Waals surface area contributed by atoms with Crippen LogP contribution < -0.4 is 10.6 Å². The topological polar surface area (TPSA) is 56.7 Å². The molecule has 2 aromatic carbocycles. The molecule has 0 fully saturated rings. The monoisotopic (exact) mass is 477 g/mol. The Labute approximate surface area is 169 Å². The van der Waals surface area contributed by atoms with Crippen LogP contribution in [0.25, 0.3) is 0 Å². The second-order valence-electron chi connectivity index (χ2n) is 5.29. The van der Waals surface area contributed by atoms with Gasteiger partial charge >= 0.3 is 0 Å². The number of nitrogens with zero attached hydrogens (tertiary/aromatic N) is 1. The first-order chi connectivity index (χ1) is 11.6. The smallest absolute Gasteiger partial charge is 0.191 e. The Hall–Kier alpha value is -1.54. The van der Waals surface area contributed by atoms with Crippen LogP contribution in [-0.4, -0.2) is 24.2 Å². The summed E-state index contributed by atoms with van der Waals surface area (Å²) >= 11 is 5.97. The fourth-order valence-electron chi connectivity index (χ4n) is 2.18. The zero-order chi connectivity index (χ0) is 17.4. The number of aliphatic imine (C=N–C) groups is 1. The third-order valence-corrected chi connectivity index (χ3v) is 3.61. The average molecular weight is 478 g/mol. The van der Waals surface area contributed by atoms with E-state index in [-0.39, 0.29) is 29.7 Å². The molecule has 0 heterocycles. The van der Waals surface area contributed by atoms with Crippen molar-refractivity contribution in [2.24, 2.45) is 4.99 Å². The molecule has 2 rings (SSSR count). The van der Waals surface area contributed by atoms with E-state index in [0.717, 1.165) is 23.6 Å². The number of hydrogen-bond acceptors (Lipinski definition) is 2. The van der Waals surface area contributed by atoms with Crippen molar-refractivity contribution in [1.82, 2.24) is 10.6 Å². The average Bonchev–Trinajstić information content (AvgIpc) is 2.56. The van der Waals surface area contributed by atoms with Gasteiger partial charge in [0.25, 0.3) is 0 Å². The summed E-state index contributed by atoms with van der Waals surface area (Å²) < 4.78 is 13.3. The third-order valence-electron chi connectivity index (χ3n) is 3.37. The van der Waals surface area contributed by atoms with Crippen LogP contribution >= 0.6 is 35.6 Å². The van der Waals surface area contributed by atoms with Crippen molar-refractivity contribution in [1.29, 1.82) is 0 Å². The number of benzene rings is 2. The number of hydrogen-bond donors (Lipinski definition) is 3. The maximum Gasteiger partial charge on any atom is 0.191 e.